The zero-order chi connectivity index (χ0) is 14.7. The smallest absolute Gasteiger partial charge is 0.264 e. The summed E-state index contributed by atoms with van der Waals surface area (Å²) < 4.78 is 10.7. The minimum Gasteiger partial charge on any atom is -0.484 e. The summed E-state index contributed by atoms with van der Waals surface area (Å²) in [4.78, 5) is 12.5. The van der Waals surface area contributed by atoms with Gasteiger partial charge in [-0.15, -0.1) is 0 Å². The summed E-state index contributed by atoms with van der Waals surface area (Å²) in [5, 5.41) is 3.88. The number of rotatable bonds is 4. The highest BCUT2D eigenvalue weighted by atomic mass is 16.5. The zero-order valence-electron chi connectivity index (χ0n) is 11.4. The van der Waals surface area contributed by atoms with Crippen molar-refractivity contribution in [1.29, 1.82) is 0 Å². The van der Waals surface area contributed by atoms with Gasteiger partial charge in [0.05, 0.1) is 0 Å². The molecule has 3 rings (SSSR count). The van der Waals surface area contributed by atoms with Crippen molar-refractivity contribution in [2.75, 3.05) is 5.73 Å². The molecule has 106 valence electrons. The Morgan fingerprint density at radius 2 is 1.95 bits per heavy atom. The molecule has 2 N–H and O–H groups in total. The first kappa shape index (κ1) is 13.0. The molecule has 0 bridgehead atoms. The first-order chi connectivity index (χ1) is 10.2. The van der Waals surface area contributed by atoms with E-state index in [0.29, 0.717) is 34.7 Å². The molecule has 0 atom stereocenters. The molecule has 2 aromatic heterocycles. The molecule has 0 aliphatic carbocycles. The molecule has 7 nitrogen and oxygen atoms in total. The van der Waals surface area contributed by atoms with Crippen LogP contribution in [0, 0.1) is 6.92 Å². The Bertz CT molecular complexity index is 739. The SMILES string of the molecule is Cc1nccc(-c2noc(COc3ccc(N)cc3)n2)n1. The fourth-order valence-electron chi connectivity index (χ4n) is 1.71. The van der Waals surface area contributed by atoms with E-state index in [0.717, 1.165) is 0 Å². The molecule has 1 aromatic carbocycles. The maximum absolute atomic E-state index is 5.61. The number of benzene rings is 1. The van der Waals surface area contributed by atoms with Crippen LogP contribution < -0.4 is 10.5 Å². The van der Waals surface area contributed by atoms with Gasteiger partial charge in [-0.3, -0.25) is 0 Å². The van der Waals surface area contributed by atoms with E-state index in [1.165, 1.54) is 0 Å². The number of ether oxygens (including phenoxy) is 1. The van der Waals surface area contributed by atoms with Gasteiger partial charge in [0.25, 0.3) is 5.89 Å². The Morgan fingerprint density at radius 1 is 1.14 bits per heavy atom. The molecule has 0 spiro atoms. The number of aromatic nitrogens is 4. The van der Waals surface area contributed by atoms with Crippen LogP contribution >= 0.6 is 0 Å². The lowest BCUT2D eigenvalue weighted by Gasteiger charge is -2.02. The summed E-state index contributed by atoms with van der Waals surface area (Å²) in [6.07, 6.45) is 1.65. The molecule has 0 radical (unpaired) electrons. The fourth-order valence-corrected chi connectivity index (χ4v) is 1.71. The summed E-state index contributed by atoms with van der Waals surface area (Å²) in [7, 11) is 0. The monoisotopic (exact) mass is 283 g/mol. The third-order valence-electron chi connectivity index (χ3n) is 2.72. The molecule has 0 aliphatic heterocycles. The van der Waals surface area contributed by atoms with Crippen LogP contribution in [0.1, 0.15) is 11.7 Å². The molecule has 0 saturated carbocycles. The second kappa shape index (κ2) is 5.58. The van der Waals surface area contributed by atoms with Gasteiger partial charge in [0, 0.05) is 11.9 Å². The van der Waals surface area contributed by atoms with Crippen LogP contribution in [0.3, 0.4) is 0 Å². The molecular weight excluding hydrogens is 270 g/mol. The lowest BCUT2D eigenvalue weighted by Crippen LogP contribution is -1.96. The Hall–Kier alpha value is -2.96. The Morgan fingerprint density at radius 3 is 2.71 bits per heavy atom. The number of hydrogen-bond acceptors (Lipinski definition) is 7. The molecule has 7 heteroatoms. The maximum atomic E-state index is 5.61. The molecule has 0 aliphatic rings. The third kappa shape index (κ3) is 3.14. The molecule has 0 saturated heterocycles. The highest BCUT2D eigenvalue weighted by Gasteiger charge is 2.10. The number of nitrogen functional groups attached to an aromatic ring is 1. The summed E-state index contributed by atoms with van der Waals surface area (Å²) in [6, 6.07) is 8.81. The van der Waals surface area contributed by atoms with Crippen molar-refractivity contribution in [2.45, 2.75) is 13.5 Å². The van der Waals surface area contributed by atoms with Gasteiger partial charge in [-0.2, -0.15) is 4.98 Å². The molecule has 0 fully saturated rings. The Balaban J connectivity index is 1.69. The van der Waals surface area contributed by atoms with Crippen LogP contribution in [0.25, 0.3) is 11.5 Å². The number of nitrogens with two attached hydrogens (primary N) is 1. The van der Waals surface area contributed by atoms with E-state index in [1.54, 1.807) is 43.5 Å². The van der Waals surface area contributed by atoms with Crippen LogP contribution in [-0.2, 0) is 6.61 Å². The van der Waals surface area contributed by atoms with Gasteiger partial charge < -0.3 is 15.0 Å². The van der Waals surface area contributed by atoms with Crippen molar-refractivity contribution in [2.24, 2.45) is 0 Å². The van der Waals surface area contributed by atoms with Crippen molar-refractivity contribution in [3.63, 3.8) is 0 Å². The minimum atomic E-state index is 0.182. The molecule has 0 amide bonds. The number of hydrogen-bond donors (Lipinski definition) is 1. The number of anilines is 1. The van der Waals surface area contributed by atoms with Gasteiger partial charge in [0.15, 0.2) is 6.61 Å². The first-order valence-electron chi connectivity index (χ1n) is 6.31. The predicted octanol–water partition coefficient (Wildman–Crippen LogP) is 2.00. The average molecular weight is 283 g/mol. The lowest BCUT2D eigenvalue weighted by atomic mass is 10.3. The Kier molecular flexibility index (Phi) is 3.46. The standard InChI is InChI=1S/C14H13N5O2/c1-9-16-7-6-12(17-9)14-18-13(21-19-14)8-20-11-4-2-10(15)3-5-11/h2-7H,8,15H2,1H3. The highest BCUT2D eigenvalue weighted by Crippen LogP contribution is 2.16. The summed E-state index contributed by atoms with van der Waals surface area (Å²) in [6.45, 7) is 1.98. The number of aryl methyl sites for hydroxylation is 1. The fraction of sp³-hybridized carbons (Fsp3) is 0.143. The summed E-state index contributed by atoms with van der Waals surface area (Å²) >= 11 is 0. The van der Waals surface area contributed by atoms with Crippen molar-refractivity contribution in [1.82, 2.24) is 20.1 Å². The van der Waals surface area contributed by atoms with Crippen molar-refractivity contribution >= 4 is 5.69 Å². The van der Waals surface area contributed by atoms with E-state index in [2.05, 4.69) is 20.1 Å². The van der Waals surface area contributed by atoms with Gasteiger partial charge in [-0.25, -0.2) is 9.97 Å². The van der Waals surface area contributed by atoms with Crippen molar-refractivity contribution < 1.29 is 9.26 Å². The van der Waals surface area contributed by atoms with Crippen LogP contribution in [0.2, 0.25) is 0 Å². The topological polar surface area (TPSA) is 100.0 Å². The minimum absolute atomic E-state index is 0.182. The van der Waals surface area contributed by atoms with E-state index in [9.17, 15) is 0 Å². The number of nitrogens with zero attached hydrogens (tertiary/aromatic N) is 4. The second-order valence-corrected chi connectivity index (χ2v) is 4.36. The van der Waals surface area contributed by atoms with E-state index in [-0.39, 0.29) is 6.61 Å². The Labute approximate surface area is 120 Å². The van der Waals surface area contributed by atoms with Crippen LogP contribution in [0.5, 0.6) is 5.75 Å². The van der Waals surface area contributed by atoms with E-state index < -0.39 is 0 Å². The van der Waals surface area contributed by atoms with E-state index in [4.69, 9.17) is 15.0 Å². The average Bonchev–Trinajstić information content (AvgIpc) is 2.96. The first-order valence-corrected chi connectivity index (χ1v) is 6.31. The molecule has 3 aromatic rings. The summed E-state index contributed by atoms with van der Waals surface area (Å²) in [5.41, 5.74) is 6.90. The van der Waals surface area contributed by atoms with Crippen LogP contribution in [0.15, 0.2) is 41.1 Å². The quantitative estimate of drug-likeness (QED) is 0.731. The second-order valence-electron chi connectivity index (χ2n) is 4.36. The largest absolute Gasteiger partial charge is 0.484 e. The molecule has 0 unspecified atom stereocenters. The van der Waals surface area contributed by atoms with E-state index >= 15 is 0 Å². The van der Waals surface area contributed by atoms with Crippen LogP contribution in [0.4, 0.5) is 5.69 Å². The normalized spacial score (nSPS) is 10.5. The van der Waals surface area contributed by atoms with Gasteiger partial charge >= 0.3 is 0 Å². The van der Waals surface area contributed by atoms with Crippen molar-refractivity contribution in [3.05, 3.63) is 48.2 Å². The van der Waals surface area contributed by atoms with Crippen LogP contribution in [-0.4, -0.2) is 20.1 Å². The molecule has 21 heavy (non-hydrogen) atoms. The highest BCUT2D eigenvalue weighted by molar-refractivity contribution is 5.47. The maximum Gasteiger partial charge on any atom is 0.264 e. The van der Waals surface area contributed by atoms with Crippen molar-refractivity contribution in [3.8, 4) is 17.3 Å². The van der Waals surface area contributed by atoms with E-state index in [1.807, 2.05) is 0 Å². The lowest BCUT2D eigenvalue weighted by molar-refractivity contribution is 0.243. The van der Waals surface area contributed by atoms with Gasteiger partial charge in [-0.05, 0) is 37.3 Å². The van der Waals surface area contributed by atoms with Gasteiger partial charge in [0.1, 0.15) is 17.3 Å². The molecule has 2 heterocycles. The van der Waals surface area contributed by atoms with Gasteiger partial charge in [0.2, 0.25) is 5.82 Å². The molecular formula is C14H13N5O2. The third-order valence-corrected chi connectivity index (χ3v) is 2.72. The predicted molar refractivity (Wildman–Crippen MR) is 75.2 cm³/mol. The zero-order valence-corrected chi connectivity index (χ0v) is 11.4. The van der Waals surface area contributed by atoms with Gasteiger partial charge in [-0.1, -0.05) is 5.16 Å². The summed E-state index contributed by atoms with van der Waals surface area (Å²) in [5.74, 6) is 2.12.